The molecule has 1 spiro atoms. The number of rotatable bonds is 4. The molecule has 1 aromatic carbocycles. The summed E-state index contributed by atoms with van der Waals surface area (Å²) in [6, 6.07) is 5.12. The Hall–Kier alpha value is -1.57. The molecular weight excluding hydrogens is 410 g/mol. The Morgan fingerprint density at radius 2 is 1.97 bits per heavy atom. The lowest BCUT2D eigenvalue weighted by molar-refractivity contribution is -0.145. The molecule has 2 saturated heterocycles. The summed E-state index contributed by atoms with van der Waals surface area (Å²) in [6.07, 6.45) is 6.55. The smallest absolute Gasteiger partial charge is 0.250 e. The molecule has 4 aliphatic rings. The summed E-state index contributed by atoms with van der Waals surface area (Å²) in [7, 11) is 0. The first-order chi connectivity index (χ1) is 14.0. The highest BCUT2D eigenvalue weighted by Gasteiger charge is 2.70. The molecule has 8 heteroatoms. The number of halogens is 1. The fourth-order valence-corrected chi connectivity index (χ4v) is 6.54. The van der Waals surface area contributed by atoms with Gasteiger partial charge in [-0.05, 0) is 37.3 Å². The molecule has 6 nitrogen and oxygen atoms in total. The highest BCUT2D eigenvalue weighted by molar-refractivity contribution is 7.98. The molecule has 0 aromatic heterocycles. The van der Waals surface area contributed by atoms with Gasteiger partial charge in [-0.3, -0.25) is 24.6 Å². The fourth-order valence-electron chi connectivity index (χ4n) is 5.83. The second kappa shape index (κ2) is 7.00. The summed E-state index contributed by atoms with van der Waals surface area (Å²) in [4.78, 5) is 42.0. The van der Waals surface area contributed by atoms with Crippen LogP contribution in [0, 0.1) is 11.8 Å². The molecule has 3 amide bonds. The van der Waals surface area contributed by atoms with Crippen LogP contribution in [0.1, 0.15) is 37.7 Å². The van der Waals surface area contributed by atoms with Gasteiger partial charge in [-0.25, -0.2) is 0 Å². The first-order valence-electron chi connectivity index (χ1n) is 10.2. The Balaban J connectivity index is 1.63. The van der Waals surface area contributed by atoms with E-state index in [4.69, 9.17) is 11.6 Å². The van der Waals surface area contributed by atoms with E-state index in [9.17, 15) is 14.4 Å². The third-order valence-corrected chi connectivity index (χ3v) is 8.02. The average Bonchev–Trinajstić information content (AvgIpc) is 3.44. The number of nitrogens with zero attached hydrogens (tertiary/aromatic N) is 1. The molecule has 3 heterocycles. The Labute approximate surface area is 179 Å². The first-order valence-corrected chi connectivity index (χ1v) is 12.0. The van der Waals surface area contributed by atoms with Gasteiger partial charge in [0, 0.05) is 17.6 Å². The average molecular weight is 434 g/mol. The van der Waals surface area contributed by atoms with Crippen molar-refractivity contribution < 1.29 is 14.4 Å². The number of fused-ring (bicyclic) bond motifs is 4. The van der Waals surface area contributed by atoms with Crippen LogP contribution < -0.4 is 10.6 Å². The topological polar surface area (TPSA) is 78.5 Å². The molecule has 1 aromatic rings. The van der Waals surface area contributed by atoms with Crippen molar-refractivity contribution in [2.75, 3.05) is 17.3 Å². The SMILES string of the molecule is CSCC[C@@H]1N[C@@]2(C(=O)Nc3c(Cl)cccc32)[C@H]2C(=O)N(C3CCCC3)C(=O)[C@H]12. The molecule has 3 fully saturated rings. The van der Waals surface area contributed by atoms with Crippen molar-refractivity contribution in [2.45, 2.75) is 49.7 Å². The number of thioether (sulfide) groups is 1. The van der Waals surface area contributed by atoms with Crippen LogP contribution in [-0.2, 0) is 19.9 Å². The standard InChI is InChI=1S/C21H24ClN3O3S/c1-29-10-9-14-15-16(19(27)25(18(15)26)11-5-2-3-6-11)21(24-14)12-7-4-8-13(22)17(12)23-20(21)28/h4,7-8,11,14-16,24H,2-3,5-6,9-10H2,1H3,(H,23,28)/t14-,15+,16+,21+/m0/s1. The van der Waals surface area contributed by atoms with E-state index in [1.807, 2.05) is 12.3 Å². The number of benzene rings is 1. The van der Waals surface area contributed by atoms with E-state index in [0.29, 0.717) is 16.3 Å². The molecule has 5 rings (SSSR count). The number of anilines is 1. The summed E-state index contributed by atoms with van der Waals surface area (Å²) < 4.78 is 0. The third-order valence-electron chi connectivity index (χ3n) is 7.06. The van der Waals surface area contributed by atoms with Crippen LogP contribution in [0.25, 0.3) is 0 Å². The number of nitrogens with one attached hydrogen (secondary N) is 2. The number of carbonyl (C=O) groups is 3. The summed E-state index contributed by atoms with van der Waals surface area (Å²) in [5.74, 6) is -0.962. The molecule has 3 aliphatic heterocycles. The molecule has 0 radical (unpaired) electrons. The summed E-state index contributed by atoms with van der Waals surface area (Å²) >= 11 is 8.05. The number of imide groups is 1. The van der Waals surface area contributed by atoms with E-state index in [2.05, 4.69) is 10.6 Å². The van der Waals surface area contributed by atoms with Crippen LogP contribution in [0.2, 0.25) is 5.02 Å². The maximum Gasteiger partial charge on any atom is 0.250 e. The summed E-state index contributed by atoms with van der Waals surface area (Å²) in [6.45, 7) is 0. The van der Waals surface area contributed by atoms with E-state index < -0.39 is 17.4 Å². The number of carbonyl (C=O) groups excluding carboxylic acids is 3. The van der Waals surface area contributed by atoms with Gasteiger partial charge < -0.3 is 5.32 Å². The van der Waals surface area contributed by atoms with Gasteiger partial charge in [0.1, 0.15) is 5.54 Å². The van der Waals surface area contributed by atoms with Gasteiger partial charge in [-0.1, -0.05) is 36.6 Å². The summed E-state index contributed by atoms with van der Waals surface area (Å²) in [5.41, 5.74) is 0.00946. The Bertz CT molecular complexity index is 903. The Morgan fingerprint density at radius 3 is 2.69 bits per heavy atom. The van der Waals surface area contributed by atoms with Gasteiger partial charge in [-0.2, -0.15) is 11.8 Å². The van der Waals surface area contributed by atoms with Crippen LogP contribution in [-0.4, -0.2) is 46.7 Å². The highest BCUT2D eigenvalue weighted by atomic mass is 35.5. The minimum Gasteiger partial charge on any atom is -0.323 e. The van der Waals surface area contributed by atoms with E-state index in [1.54, 1.807) is 23.9 Å². The summed E-state index contributed by atoms with van der Waals surface area (Å²) in [5, 5.41) is 6.79. The van der Waals surface area contributed by atoms with Gasteiger partial charge in [0.2, 0.25) is 17.7 Å². The van der Waals surface area contributed by atoms with Crippen LogP contribution in [0.15, 0.2) is 18.2 Å². The van der Waals surface area contributed by atoms with Crippen LogP contribution in [0.3, 0.4) is 0 Å². The first kappa shape index (κ1) is 19.4. The van der Waals surface area contributed by atoms with Crippen LogP contribution in [0.4, 0.5) is 5.69 Å². The molecule has 2 N–H and O–H groups in total. The van der Waals surface area contributed by atoms with Gasteiger partial charge in [0.15, 0.2) is 0 Å². The predicted molar refractivity (Wildman–Crippen MR) is 113 cm³/mol. The van der Waals surface area contributed by atoms with E-state index >= 15 is 0 Å². The molecule has 4 atom stereocenters. The largest absolute Gasteiger partial charge is 0.323 e. The van der Waals surface area contributed by atoms with E-state index in [1.165, 1.54) is 4.90 Å². The van der Waals surface area contributed by atoms with Crippen molar-refractivity contribution >= 4 is 46.8 Å². The van der Waals surface area contributed by atoms with Crippen LogP contribution in [0.5, 0.6) is 0 Å². The van der Waals surface area contributed by atoms with Gasteiger partial charge in [-0.15, -0.1) is 0 Å². The van der Waals surface area contributed by atoms with Gasteiger partial charge in [0.05, 0.1) is 22.5 Å². The van der Waals surface area contributed by atoms with E-state index in [0.717, 1.165) is 37.9 Å². The number of hydrogen-bond donors (Lipinski definition) is 2. The fraction of sp³-hybridized carbons (Fsp3) is 0.571. The quantitative estimate of drug-likeness (QED) is 0.714. The highest BCUT2D eigenvalue weighted by Crippen LogP contribution is 2.55. The molecular formula is C21H24ClN3O3S. The Kier molecular flexibility index (Phi) is 4.68. The maximum absolute atomic E-state index is 13.7. The minimum atomic E-state index is -1.23. The zero-order valence-corrected chi connectivity index (χ0v) is 17.8. The molecule has 1 aliphatic carbocycles. The number of para-hydroxylation sites is 1. The number of hydrogen-bond acceptors (Lipinski definition) is 5. The molecule has 29 heavy (non-hydrogen) atoms. The van der Waals surface area contributed by atoms with Gasteiger partial charge >= 0.3 is 0 Å². The molecule has 1 saturated carbocycles. The van der Waals surface area contributed by atoms with Crippen molar-refractivity contribution in [2.24, 2.45) is 11.8 Å². The second-order valence-electron chi connectivity index (χ2n) is 8.45. The van der Waals surface area contributed by atoms with Crippen molar-refractivity contribution in [1.82, 2.24) is 10.2 Å². The lowest BCUT2D eigenvalue weighted by Crippen LogP contribution is -2.54. The second-order valence-corrected chi connectivity index (χ2v) is 9.84. The molecule has 0 unspecified atom stereocenters. The third kappa shape index (κ3) is 2.56. The van der Waals surface area contributed by atoms with Crippen LogP contribution >= 0.6 is 23.4 Å². The predicted octanol–water partition coefficient (Wildman–Crippen LogP) is 2.76. The zero-order chi connectivity index (χ0) is 20.3. The van der Waals surface area contributed by atoms with Gasteiger partial charge in [0.25, 0.3) is 0 Å². The maximum atomic E-state index is 13.7. The van der Waals surface area contributed by atoms with Crippen molar-refractivity contribution in [3.05, 3.63) is 28.8 Å². The number of amides is 3. The van der Waals surface area contributed by atoms with Crippen molar-refractivity contribution in [3.63, 3.8) is 0 Å². The minimum absolute atomic E-state index is 0.0258. The van der Waals surface area contributed by atoms with Crippen molar-refractivity contribution in [3.8, 4) is 0 Å². The lowest BCUT2D eigenvalue weighted by atomic mass is 9.76. The Morgan fingerprint density at radius 1 is 1.21 bits per heavy atom. The number of likely N-dealkylation sites (tertiary alicyclic amines) is 1. The lowest BCUT2D eigenvalue weighted by Gasteiger charge is -2.31. The monoisotopic (exact) mass is 433 g/mol. The molecule has 0 bridgehead atoms. The normalized spacial score (nSPS) is 33.7. The van der Waals surface area contributed by atoms with Crippen molar-refractivity contribution in [1.29, 1.82) is 0 Å². The molecule has 154 valence electrons. The van der Waals surface area contributed by atoms with E-state index in [-0.39, 0.29) is 29.8 Å². The zero-order valence-electron chi connectivity index (χ0n) is 16.2.